The van der Waals surface area contributed by atoms with Crippen molar-refractivity contribution in [1.29, 1.82) is 0 Å². The molecule has 13 heavy (non-hydrogen) atoms. The fraction of sp³-hybridized carbons (Fsp3) is 0.200. The van der Waals surface area contributed by atoms with E-state index < -0.39 is 0 Å². The predicted molar refractivity (Wildman–Crippen MR) is 52.4 cm³/mol. The summed E-state index contributed by atoms with van der Waals surface area (Å²) < 4.78 is 1.96. The number of hydrogen-bond donors (Lipinski definition) is 0. The summed E-state index contributed by atoms with van der Waals surface area (Å²) in [6.07, 6.45) is 1.96. The first-order valence-corrected chi connectivity index (χ1v) is 4.16. The van der Waals surface area contributed by atoms with Crippen LogP contribution in [0.25, 0.3) is 11.2 Å². The summed E-state index contributed by atoms with van der Waals surface area (Å²) in [6.45, 7) is 7.81. The van der Waals surface area contributed by atoms with E-state index in [0.29, 0.717) is 0 Å². The Morgan fingerprint density at radius 3 is 2.92 bits per heavy atom. The lowest BCUT2D eigenvalue weighted by atomic mass is 10.1. The molecule has 0 atom stereocenters. The maximum absolute atomic E-state index is 4.09. The molecule has 2 aromatic heterocycles. The fourth-order valence-electron chi connectivity index (χ4n) is 1.36. The lowest BCUT2D eigenvalue weighted by molar-refractivity contribution is 1.01. The SMILES string of the molecule is C=C(C)c1cccn2c(C)nnc12. The Labute approximate surface area is 76.7 Å². The van der Waals surface area contributed by atoms with Gasteiger partial charge in [0.1, 0.15) is 5.82 Å². The highest BCUT2D eigenvalue weighted by Crippen LogP contribution is 2.16. The van der Waals surface area contributed by atoms with Crippen LogP contribution in [-0.2, 0) is 0 Å². The van der Waals surface area contributed by atoms with E-state index in [9.17, 15) is 0 Å². The van der Waals surface area contributed by atoms with Crippen molar-refractivity contribution in [2.75, 3.05) is 0 Å². The number of rotatable bonds is 1. The molecule has 3 heteroatoms. The Kier molecular flexibility index (Phi) is 1.65. The third-order valence-electron chi connectivity index (χ3n) is 2.06. The zero-order chi connectivity index (χ0) is 9.42. The summed E-state index contributed by atoms with van der Waals surface area (Å²) >= 11 is 0. The van der Waals surface area contributed by atoms with E-state index in [1.165, 1.54) is 0 Å². The first-order chi connectivity index (χ1) is 6.20. The highest BCUT2D eigenvalue weighted by Gasteiger charge is 2.05. The monoisotopic (exact) mass is 173 g/mol. The van der Waals surface area contributed by atoms with E-state index in [1.807, 2.05) is 36.6 Å². The van der Waals surface area contributed by atoms with Crippen molar-refractivity contribution >= 4 is 11.2 Å². The second-order valence-corrected chi connectivity index (χ2v) is 3.14. The molecule has 0 fully saturated rings. The minimum Gasteiger partial charge on any atom is -0.286 e. The van der Waals surface area contributed by atoms with Gasteiger partial charge in [-0.2, -0.15) is 0 Å². The van der Waals surface area contributed by atoms with Gasteiger partial charge in [-0.1, -0.05) is 6.58 Å². The van der Waals surface area contributed by atoms with Crippen molar-refractivity contribution < 1.29 is 0 Å². The molecule has 2 heterocycles. The first-order valence-electron chi connectivity index (χ1n) is 4.16. The van der Waals surface area contributed by atoms with Gasteiger partial charge in [0, 0.05) is 11.8 Å². The topological polar surface area (TPSA) is 30.2 Å². The molecule has 0 amide bonds. The highest BCUT2D eigenvalue weighted by molar-refractivity contribution is 5.72. The Morgan fingerprint density at radius 1 is 1.46 bits per heavy atom. The van der Waals surface area contributed by atoms with Gasteiger partial charge in [-0.3, -0.25) is 4.40 Å². The van der Waals surface area contributed by atoms with Gasteiger partial charge in [0.15, 0.2) is 5.65 Å². The summed E-state index contributed by atoms with van der Waals surface area (Å²) in [5, 5.41) is 8.10. The normalized spacial score (nSPS) is 10.6. The van der Waals surface area contributed by atoms with Crippen LogP contribution in [0.4, 0.5) is 0 Å². The van der Waals surface area contributed by atoms with Crippen LogP contribution >= 0.6 is 0 Å². The van der Waals surface area contributed by atoms with E-state index in [0.717, 1.165) is 22.6 Å². The van der Waals surface area contributed by atoms with E-state index in [2.05, 4.69) is 16.8 Å². The second kappa shape index (κ2) is 2.69. The molecule has 2 aromatic rings. The molecule has 0 bridgehead atoms. The van der Waals surface area contributed by atoms with Crippen molar-refractivity contribution in [2.45, 2.75) is 13.8 Å². The third-order valence-corrected chi connectivity index (χ3v) is 2.06. The number of hydrogen-bond acceptors (Lipinski definition) is 2. The number of aromatic nitrogens is 3. The summed E-state index contributed by atoms with van der Waals surface area (Å²) in [4.78, 5) is 0. The standard InChI is InChI=1S/C10H11N3/c1-7(2)9-5-4-6-13-8(3)11-12-10(9)13/h4-6H,1H2,2-3H3. The Hall–Kier alpha value is -1.64. The van der Waals surface area contributed by atoms with Gasteiger partial charge >= 0.3 is 0 Å². The highest BCUT2D eigenvalue weighted by atomic mass is 15.2. The molecule has 0 aromatic carbocycles. The van der Waals surface area contributed by atoms with Crippen molar-refractivity contribution in [3.05, 3.63) is 36.3 Å². The molecule has 2 rings (SSSR count). The van der Waals surface area contributed by atoms with Crippen LogP contribution in [0.3, 0.4) is 0 Å². The van der Waals surface area contributed by atoms with Gasteiger partial charge < -0.3 is 0 Å². The fourth-order valence-corrected chi connectivity index (χ4v) is 1.36. The van der Waals surface area contributed by atoms with E-state index in [1.54, 1.807) is 0 Å². The zero-order valence-electron chi connectivity index (χ0n) is 7.78. The Morgan fingerprint density at radius 2 is 2.23 bits per heavy atom. The summed E-state index contributed by atoms with van der Waals surface area (Å²) in [6, 6.07) is 3.99. The van der Waals surface area contributed by atoms with Gasteiger partial charge in [0.25, 0.3) is 0 Å². The minimum atomic E-state index is 0.882. The van der Waals surface area contributed by atoms with Crippen molar-refractivity contribution in [3.8, 4) is 0 Å². The predicted octanol–water partition coefficient (Wildman–Crippen LogP) is 2.07. The third kappa shape index (κ3) is 1.13. The van der Waals surface area contributed by atoms with E-state index in [-0.39, 0.29) is 0 Å². The number of pyridine rings is 1. The van der Waals surface area contributed by atoms with Crippen molar-refractivity contribution in [2.24, 2.45) is 0 Å². The maximum Gasteiger partial charge on any atom is 0.168 e. The van der Waals surface area contributed by atoms with Crippen LogP contribution in [0.5, 0.6) is 0 Å². The molecule has 0 aliphatic heterocycles. The molecule has 0 N–H and O–H groups in total. The van der Waals surface area contributed by atoms with Crippen molar-refractivity contribution in [1.82, 2.24) is 14.6 Å². The summed E-state index contributed by atoms with van der Waals surface area (Å²) in [5.74, 6) is 0.901. The van der Waals surface area contributed by atoms with E-state index in [4.69, 9.17) is 0 Å². The smallest absolute Gasteiger partial charge is 0.168 e. The first kappa shape index (κ1) is 7.98. The summed E-state index contributed by atoms with van der Waals surface area (Å²) in [7, 11) is 0. The Bertz CT molecular complexity index is 468. The molecule has 66 valence electrons. The Balaban J connectivity index is 2.84. The lowest BCUT2D eigenvalue weighted by Crippen LogP contribution is -1.90. The molecule has 0 saturated heterocycles. The van der Waals surface area contributed by atoms with Crippen LogP contribution in [0, 0.1) is 6.92 Å². The van der Waals surface area contributed by atoms with Gasteiger partial charge in [-0.25, -0.2) is 0 Å². The van der Waals surface area contributed by atoms with Gasteiger partial charge in [0.05, 0.1) is 0 Å². The van der Waals surface area contributed by atoms with Crippen LogP contribution in [0.2, 0.25) is 0 Å². The van der Waals surface area contributed by atoms with Crippen molar-refractivity contribution in [3.63, 3.8) is 0 Å². The lowest BCUT2D eigenvalue weighted by Gasteiger charge is -2.00. The van der Waals surface area contributed by atoms with Gasteiger partial charge in [0.2, 0.25) is 0 Å². The van der Waals surface area contributed by atoms with Gasteiger partial charge in [-0.15, -0.1) is 10.2 Å². The number of allylic oxidation sites excluding steroid dienone is 1. The van der Waals surface area contributed by atoms with Crippen LogP contribution in [0.1, 0.15) is 18.3 Å². The molecule has 0 radical (unpaired) electrons. The number of aryl methyl sites for hydroxylation is 1. The summed E-state index contributed by atoms with van der Waals surface area (Å²) in [5.41, 5.74) is 2.95. The maximum atomic E-state index is 4.09. The van der Waals surface area contributed by atoms with Crippen LogP contribution in [-0.4, -0.2) is 14.6 Å². The second-order valence-electron chi connectivity index (χ2n) is 3.14. The minimum absolute atomic E-state index is 0.882. The molecule has 0 aliphatic rings. The number of fused-ring (bicyclic) bond motifs is 1. The molecule has 0 aliphatic carbocycles. The van der Waals surface area contributed by atoms with Gasteiger partial charge in [-0.05, 0) is 31.6 Å². The van der Waals surface area contributed by atoms with Crippen LogP contribution < -0.4 is 0 Å². The quantitative estimate of drug-likeness (QED) is 0.660. The van der Waals surface area contributed by atoms with Crippen LogP contribution in [0.15, 0.2) is 24.9 Å². The molecule has 0 unspecified atom stereocenters. The molecule has 3 nitrogen and oxygen atoms in total. The molecule has 0 spiro atoms. The van der Waals surface area contributed by atoms with E-state index >= 15 is 0 Å². The average Bonchev–Trinajstić information content (AvgIpc) is 2.48. The molecular weight excluding hydrogens is 162 g/mol. The average molecular weight is 173 g/mol. The molecular formula is C10H11N3. The zero-order valence-corrected chi connectivity index (χ0v) is 7.78. The molecule has 0 saturated carbocycles. The number of nitrogens with zero attached hydrogens (tertiary/aromatic N) is 3. The largest absolute Gasteiger partial charge is 0.286 e.